The van der Waals surface area contributed by atoms with Crippen LogP contribution >= 0.6 is 24.7 Å². The van der Waals surface area contributed by atoms with Crippen LogP contribution in [0.4, 0.5) is 4.79 Å². The van der Waals surface area contributed by atoms with E-state index in [-0.39, 0.29) is 12.0 Å². The van der Waals surface area contributed by atoms with Crippen molar-refractivity contribution in [3.63, 3.8) is 0 Å². The maximum absolute atomic E-state index is 9.39. The Labute approximate surface area is 39.2 Å². The third-order valence-corrected chi connectivity index (χ3v) is 0.479. The number of hydrogen-bond donors (Lipinski definition) is 2. The smallest absolute Gasteiger partial charge is 0.269 e. The van der Waals surface area contributed by atoms with Crippen molar-refractivity contribution in [1.29, 1.82) is 0 Å². The fraction of sp³-hybridized carbons (Fsp3) is 0. The van der Waals surface area contributed by atoms with Crippen molar-refractivity contribution in [1.82, 2.24) is 0 Å². The molecule has 0 fully saturated rings. The number of carbonyl (C=O) groups is 1. The number of carbonyl (C=O) groups excluding carboxylic acids is 1. The highest BCUT2D eigenvalue weighted by atomic mass is 32.2. The van der Waals surface area contributed by atoms with E-state index in [0.29, 0.717) is 0 Å². The molecule has 0 saturated carbocycles. The Morgan fingerprint density at radius 1 is 2.00 bits per heavy atom. The SMILES string of the molecule is O=C(S)SO. The Bertz CT molecular complexity index is 42.9. The van der Waals surface area contributed by atoms with Crippen LogP contribution in [0.5, 0.6) is 0 Å². The van der Waals surface area contributed by atoms with Crippen LogP contribution in [0.1, 0.15) is 0 Å². The van der Waals surface area contributed by atoms with Crippen LogP contribution in [-0.4, -0.2) is 9.00 Å². The second-order valence-electron chi connectivity index (χ2n) is 0.357. The molecule has 0 aromatic heterocycles. The zero-order chi connectivity index (χ0) is 4.28. The minimum absolute atomic E-state index is 0.105. The summed E-state index contributed by atoms with van der Waals surface area (Å²) in [5.41, 5.74) is 0. The van der Waals surface area contributed by atoms with Crippen LogP contribution in [0.15, 0.2) is 0 Å². The Morgan fingerprint density at radius 3 is 2.20 bits per heavy atom. The fourth-order valence-electron chi connectivity index (χ4n) is 0. The molecule has 0 bridgehead atoms. The molecule has 0 unspecified atom stereocenters. The summed E-state index contributed by atoms with van der Waals surface area (Å²) in [6, 6.07) is 0. The van der Waals surface area contributed by atoms with Crippen molar-refractivity contribution in [2.75, 3.05) is 0 Å². The maximum atomic E-state index is 9.39. The lowest BCUT2D eigenvalue weighted by atomic mass is 11.8. The topological polar surface area (TPSA) is 37.3 Å². The van der Waals surface area contributed by atoms with Crippen molar-refractivity contribution in [3.05, 3.63) is 0 Å². The minimum atomic E-state index is -0.579. The number of hydrogen-bond acceptors (Lipinski definition) is 3. The summed E-state index contributed by atoms with van der Waals surface area (Å²) in [7, 11) is 0. The van der Waals surface area contributed by atoms with Gasteiger partial charge in [0.15, 0.2) is 0 Å². The first-order chi connectivity index (χ1) is 2.27. The van der Waals surface area contributed by atoms with Crippen LogP contribution in [0.3, 0.4) is 0 Å². The number of thiol groups is 1. The Kier molecular flexibility index (Phi) is 2.73. The van der Waals surface area contributed by atoms with E-state index in [1.165, 1.54) is 0 Å². The molecule has 0 rings (SSSR count). The molecule has 0 aliphatic heterocycles. The van der Waals surface area contributed by atoms with Gasteiger partial charge in [0.05, 0.1) is 12.0 Å². The van der Waals surface area contributed by atoms with Crippen molar-refractivity contribution in [2.45, 2.75) is 0 Å². The molecular formula is CH2O2S2. The van der Waals surface area contributed by atoms with Crippen molar-refractivity contribution in [2.24, 2.45) is 0 Å². The molecular weight excluding hydrogens is 108 g/mol. The van der Waals surface area contributed by atoms with Crippen LogP contribution < -0.4 is 0 Å². The highest BCUT2D eigenvalue weighted by Gasteiger charge is 1.82. The summed E-state index contributed by atoms with van der Waals surface area (Å²) in [6.07, 6.45) is 0. The monoisotopic (exact) mass is 110 g/mol. The molecule has 0 heterocycles. The van der Waals surface area contributed by atoms with E-state index < -0.39 is 4.45 Å². The lowest BCUT2D eigenvalue weighted by Gasteiger charge is -1.68. The van der Waals surface area contributed by atoms with Gasteiger partial charge in [0.25, 0.3) is 4.45 Å². The fourth-order valence-corrected chi connectivity index (χ4v) is 0. The first-order valence-electron chi connectivity index (χ1n) is 0.814. The summed E-state index contributed by atoms with van der Waals surface area (Å²) in [4.78, 5) is 9.39. The summed E-state index contributed by atoms with van der Waals surface area (Å²) in [5.74, 6) is 0. The molecule has 30 valence electrons. The molecule has 0 amide bonds. The van der Waals surface area contributed by atoms with E-state index in [0.717, 1.165) is 0 Å². The maximum Gasteiger partial charge on any atom is 0.269 e. The minimum Gasteiger partial charge on any atom is -0.323 e. The Balaban J connectivity index is 2.85. The van der Waals surface area contributed by atoms with Crippen molar-refractivity contribution in [3.8, 4) is 0 Å². The molecule has 1 N–H and O–H groups in total. The molecule has 4 heteroatoms. The first-order valence-corrected chi connectivity index (χ1v) is 2.04. The molecule has 2 nitrogen and oxygen atoms in total. The van der Waals surface area contributed by atoms with Crippen LogP contribution in [0, 0.1) is 0 Å². The highest BCUT2D eigenvalue weighted by Crippen LogP contribution is 1.97. The molecule has 0 saturated heterocycles. The van der Waals surface area contributed by atoms with Gasteiger partial charge < -0.3 is 4.55 Å². The third kappa shape index (κ3) is 4.33. The van der Waals surface area contributed by atoms with Crippen LogP contribution in [-0.2, 0) is 0 Å². The molecule has 0 spiro atoms. The third-order valence-electron chi connectivity index (χ3n) is 0.0781. The van der Waals surface area contributed by atoms with Gasteiger partial charge in [0, 0.05) is 0 Å². The first kappa shape index (κ1) is 5.33. The summed E-state index contributed by atoms with van der Waals surface area (Å²) in [5, 5.41) is 0. The number of rotatable bonds is 0. The zero-order valence-corrected chi connectivity index (χ0v) is 3.92. The lowest BCUT2D eigenvalue weighted by Crippen LogP contribution is -1.62. The average molecular weight is 110 g/mol. The van der Waals surface area contributed by atoms with Gasteiger partial charge in [-0.05, 0) is 0 Å². The second kappa shape index (κ2) is 2.56. The van der Waals surface area contributed by atoms with Gasteiger partial charge in [-0.1, -0.05) is 12.6 Å². The Morgan fingerprint density at radius 2 is 2.20 bits per heavy atom. The van der Waals surface area contributed by atoms with Crippen LogP contribution in [0.2, 0.25) is 0 Å². The van der Waals surface area contributed by atoms with E-state index in [9.17, 15) is 4.79 Å². The van der Waals surface area contributed by atoms with Crippen LogP contribution in [0.25, 0.3) is 0 Å². The quantitative estimate of drug-likeness (QED) is 0.364. The summed E-state index contributed by atoms with van der Waals surface area (Å²) in [6.45, 7) is 0. The lowest BCUT2D eigenvalue weighted by molar-refractivity contribution is 0.276. The highest BCUT2D eigenvalue weighted by molar-refractivity contribution is 8.29. The molecule has 5 heavy (non-hydrogen) atoms. The van der Waals surface area contributed by atoms with E-state index in [1.807, 2.05) is 0 Å². The van der Waals surface area contributed by atoms with Gasteiger partial charge >= 0.3 is 0 Å². The largest absolute Gasteiger partial charge is 0.323 e. The van der Waals surface area contributed by atoms with E-state index in [4.69, 9.17) is 4.55 Å². The van der Waals surface area contributed by atoms with Gasteiger partial charge in [0.2, 0.25) is 0 Å². The van der Waals surface area contributed by atoms with Gasteiger partial charge in [-0.15, -0.1) is 0 Å². The van der Waals surface area contributed by atoms with E-state index in [1.54, 1.807) is 0 Å². The van der Waals surface area contributed by atoms with E-state index >= 15 is 0 Å². The average Bonchev–Trinajstić information content (AvgIpc) is 1.38. The summed E-state index contributed by atoms with van der Waals surface area (Å²) < 4.78 is 7.06. The predicted molar refractivity (Wildman–Crippen MR) is 24.6 cm³/mol. The van der Waals surface area contributed by atoms with Gasteiger partial charge in [0.1, 0.15) is 0 Å². The summed E-state index contributed by atoms with van der Waals surface area (Å²) >= 11 is 3.28. The second-order valence-corrected chi connectivity index (χ2v) is 1.62. The molecule has 0 atom stereocenters. The van der Waals surface area contributed by atoms with E-state index in [2.05, 4.69) is 12.6 Å². The normalized spacial score (nSPS) is 7.60. The van der Waals surface area contributed by atoms with Gasteiger partial charge in [-0.2, -0.15) is 0 Å². The predicted octanol–water partition coefficient (Wildman–Crippen LogP) is 1.24. The van der Waals surface area contributed by atoms with Gasteiger partial charge in [-0.25, -0.2) is 0 Å². The molecule has 0 aromatic rings. The standard InChI is InChI=1S/CH2O2S2/c2-1(4)5-3/h3H,(H,2,4). The van der Waals surface area contributed by atoms with Crippen molar-refractivity contribution < 1.29 is 9.35 Å². The Hall–Kier alpha value is 0.330. The van der Waals surface area contributed by atoms with Gasteiger partial charge in [-0.3, -0.25) is 4.79 Å². The zero-order valence-electron chi connectivity index (χ0n) is 2.21. The molecule has 0 aliphatic carbocycles. The van der Waals surface area contributed by atoms with Crippen molar-refractivity contribution >= 4 is 29.1 Å². The molecule has 0 aliphatic rings. The molecule has 0 aromatic carbocycles. The molecule has 0 radical (unpaired) electrons.